The number of rotatable bonds is 5. The van der Waals surface area contributed by atoms with Gasteiger partial charge in [0.15, 0.2) is 0 Å². The maximum Gasteiger partial charge on any atom is 0.308 e. The van der Waals surface area contributed by atoms with Gasteiger partial charge in [0.2, 0.25) is 0 Å². The first-order valence-electron chi connectivity index (χ1n) is 6.80. The van der Waals surface area contributed by atoms with Crippen LogP contribution in [-0.2, 0) is 4.79 Å². The van der Waals surface area contributed by atoms with E-state index in [0.717, 1.165) is 22.6 Å². The molecule has 0 aliphatic carbocycles. The van der Waals surface area contributed by atoms with Crippen molar-refractivity contribution in [3.63, 3.8) is 0 Å². The molecular weight excluding hydrogens is 280 g/mol. The molecule has 0 aliphatic heterocycles. The number of carbonyl (C=O) groups excluding carboxylic acids is 1. The predicted octanol–water partition coefficient (Wildman–Crippen LogP) is 3.80. The second-order valence-corrected chi connectivity index (χ2v) is 4.64. The molecule has 0 N–H and O–H groups in total. The molecule has 0 radical (unpaired) electrons. The Hall–Kier alpha value is -2.75. The highest BCUT2D eigenvalue weighted by molar-refractivity contribution is 5.72. The van der Waals surface area contributed by atoms with Gasteiger partial charge in [-0.1, -0.05) is 24.3 Å². The van der Waals surface area contributed by atoms with Gasteiger partial charge in [-0.25, -0.2) is 0 Å². The summed E-state index contributed by atoms with van der Waals surface area (Å²) in [5, 5.41) is 0. The lowest BCUT2D eigenvalue weighted by molar-refractivity contribution is -0.131. The van der Waals surface area contributed by atoms with Gasteiger partial charge < -0.3 is 14.2 Å². The zero-order valence-electron chi connectivity index (χ0n) is 12.8. The second-order valence-electron chi connectivity index (χ2n) is 4.64. The number of methoxy groups -OCH3 is 2. The lowest BCUT2D eigenvalue weighted by Crippen LogP contribution is -2.00. The van der Waals surface area contributed by atoms with E-state index in [4.69, 9.17) is 14.2 Å². The van der Waals surface area contributed by atoms with Crippen molar-refractivity contribution < 1.29 is 19.0 Å². The molecule has 0 fully saturated rings. The minimum Gasteiger partial charge on any atom is -0.497 e. The van der Waals surface area contributed by atoms with Crippen LogP contribution < -0.4 is 14.2 Å². The topological polar surface area (TPSA) is 44.8 Å². The average Bonchev–Trinajstić information content (AvgIpc) is 2.53. The summed E-state index contributed by atoms with van der Waals surface area (Å²) in [6.07, 6.45) is 3.93. The fourth-order valence-corrected chi connectivity index (χ4v) is 1.93. The summed E-state index contributed by atoms with van der Waals surface area (Å²) in [7, 11) is 3.24. The van der Waals surface area contributed by atoms with Gasteiger partial charge in [-0.3, -0.25) is 4.79 Å². The number of hydrogen-bond acceptors (Lipinski definition) is 4. The van der Waals surface area contributed by atoms with Crippen LogP contribution in [0.15, 0.2) is 42.5 Å². The first kappa shape index (κ1) is 15.6. The van der Waals surface area contributed by atoms with Crippen molar-refractivity contribution >= 4 is 18.1 Å². The van der Waals surface area contributed by atoms with Crippen LogP contribution in [0.25, 0.3) is 12.2 Å². The van der Waals surface area contributed by atoms with E-state index in [0.29, 0.717) is 5.75 Å². The van der Waals surface area contributed by atoms with Crippen LogP contribution in [0.1, 0.15) is 18.1 Å². The van der Waals surface area contributed by atoms with Gasteiger partial charge in [0, 0.05) is 13.0 Å². The molecule has 0 unspecified atom stereocenters. The van der Waals surface area contributed by atoms with E-state index in [-0.39, 0.29) is 5.97 Å². The highest BCUT2D eigenvalue weighted by atomic mass is 16.5. The molecule has 2 aromatic rings. The Morgan fingerprint density at radius 3 is 1.86 bits per heavy atom. The van der Waals surface area contributed by atoms with Crippen LogP contribution in [0.3, 0.4) is 0 Å². The van der Waals surface area contributed by atoms with Crippen molar-refractivity contribution in [2.75, 3.05) is 14.2 Å². The normalized spacial score (nSPS) is 10.5. The first-order chi connectivity index (χ1) is 10.6. The van der Waals surface area contributed by atoms with E-state index in [1.165, 1.54) is 6.92 Å². The number of ether oxygens (including phenoxy) is 3. The number of hydrogen-bond donors (Lipinski definition) is 0. The van der Waals surface area contributed by atoms with Crippen molar-refractivity contribution in [2.45, 2.75) is 6.92 Å². The quantitative estimate of drug-likeness (QED) is 0.478. The molecule has 2 aromatic carbocycles. The van der Waals surface area contributed by atoms with Crippen LogP contribution in [0, 0.1) is 0 Å². The van der Waals surface area contributed by atoms with E-state index in [1.54, 1.807) is 26.4 Å². The van der Waals surface area contributed by atoms with Crippen molar-refractivity contribution in [3.05, 3.63) is 53.6 Å². The summed E-state index contributed by atoms with van der Waals surface area (Å²) in [5.41, 5.74) is 1.97. The Morgan fingerprint density at radius 2 is 1.36 bits per heavy atom. The van der Waals surface area contributed by atoms with Crippen LogP contribution in [0.5, 0.6) is 17.2 Å². The molecule has 114 valence electrons. The highest BCUT2D eigenvalue weighted by Gasteiger charge is 2.00. The van der Waals surface area contributed by atoms with Crippen molar-refractivity contribution in [3.8, 4) is 17.2 Å². The Balaban J connectivity index is 2.15. The molecule has 0 spiro atoms. The van der Waals surface area contributed by atoms with Crippen LogP contribution in [0.4, 0.5) is 0 Å². The minimum atomic E-state index is -0.327. The summed E-state index contributed by atoms with van der Waals surface area (Å²) in [5.74, 6) is 1.69. The van der Waals surface area contributed by atoms with E-state index >= 15 is 0 Å². The summed E-state index contributed by atoms with van der Waals surface area (Å²) >= 11 is 0. The van der Waals surface area contributed by atoms with Gasteiger partial charge in [-0.15, -0.1) is 0 Å². The number of esters is 1. The zero-order valence-corrected chi connectivity index (χ0v) is 12.8. The predicted molar refractivity (Wildman–Crippen MR) is 86.2 cm³/mol. The maximum atomic E-state index is 10.9. The molecule has 0 saturated heterocycles. The first-order valence-corrected chi connectivity index (χ1v) is 6.80. The molecule has 0 saturated carbocycles. The summed E-state index contributed by atoms with van der Waals surface area (Å²) in [6.45, 7) is 1.38. The Labute approximate surface area is 129 Å². The third kappa shape index (κ3) is 4.38. The third-order valence-electron chi connectivity index (χ3n) is 2.98. The van der Waals surface area contributed by atoms with E-state index in [1.807, 2.05) is 42.5 Å². The molecular formula is C18H18O4. The van der Waals surface area contributed by atoms with Crippen molar-refractivity contribution in [2.24, 2.45) is 0 Å². The van der Waals surface area contributed by atoms with Gasteiger partial charge >= 0.3 is 5.97 Å². The van der Waals surface area contributed by atoms with E-state index in [2.05, 4.69) is 0 Å². The molecule has 22 heavy (non-hydrogen) atoms. The molecule has 4 nitrogen and oxygen atoms in total. The number of benzene rings is 2. The Kier molecular flexibility index (Phi) is 5.20. The Bertz CT molecular complexity index is 650. The standard InChI is InChI=1S/C18H18O4/c1-13(19)22-16-8-6-14(7-9-16)4-5-15-10-17(20-2)12-18(11-15)21-3/h4-12H,1-3H3/b5-4+. The van der Waals surface area contributed by atoms with Crippen LogP contribution >= 0.6 is 0 Å². The van der Waals surface area contributed by atoms with Gasteiger partial charge in [-0.2, -0.15) is 0 Å². The van der Waals surface area contributed by atoms with Crippen LogP contribution in [0.2, 0.25) is 0 Å². The molecule has 0 heterocycles. The van der Waals surface area contributed by atoms with E-state index < -0.39 is 0 Å². The van der Waals surface area contributed by atoms with Crippen molar-refractivity contribution in [1.82, 2.24) is 0 Å². The average molecular weight is 298 g/mol. The molecule has 0 aromatic heterocycles. The smallest absolute Gasteiger partial charge is 0.308 e. The second kappa shape index (κ2) is 7.31. The zero-order chi connectivity index (χ0) is 15.9. The Morgan fingerprint density at radius 1 is 0.818 bits per heavy atom. The van der Waals surface area contributed by atoms with Gasteiger partial charge in [0.05, 0.1) is 14.2 Å². The maximum absolute atomic E-state index is 10.9. The summed E-state index contributed by atoms with van der Waals surface area (Å²) in [4.78, 5) is 10.9. The van der Waals surface area contributed by atoms with Gasteiger partial charge in [0.25, 0.3) is 0 Å². The van der Waals surface area contributed by atoms with Crippen LogP contribution in [-0.4, -0.2) is 20.2 Å². The lowest BCUT2D eigenvalue weighted by atomic mass is 10.1. The SMILES string of the molecule is COc1cc(/C=C/c2ccc(OC(C)=O)cc2)cc(OC)c1. The molecule has 2 rings (SSSR count). The molecule has 0 bridgehead atoms. The largest absolute Gasteiger partial charge is 0.497 e. The summed E-state index contributed by atoms with van der Waals surface area (Å²) < 4.78 is 15.5. The molecule has 4 heteroatoms. The summed E-state index contributed by atoms with van der Waals surface area (Å²) in [6, 6.07) is 12.9. The molecule has 0 aliphatic rings. The minimum absolute atomic E-state index is 0.327. The fourth-order valence-electron chi connectivity index (χ4n) is 1.93. The molecule has 0 amide bonds. The van der Waals surface area contributed by atoms with E-state index in [9.17, 15) is 4.79 Å². The lowest BCUT2D eigenvalue weighted by Gasteiger charge is -2.06. The molecule has 0 atom stereocenters. The fraction of sp³-hybridized carbons (Fsp3) is 0.167. The van der Waals surface area contributed by atoms with Crippen molar-refractivity contribution in [1.29, 1.82) is 0 Å². The van der Waals surface area contributed by atoms with Gasteiger partial charge in [-0.05, 0) is 35.4 Å². The highest BCUT2D eigenvalue weighted by Crippen LogP contribution is 2.24. The third-order valence-corrected chi connectivity index (χ3v) is 2.98. The number of carbonyl (C=O) groups is 1. The van der Waals surface area contributed by atoms with Gasteiger partial charge in [0.1, 0.15) is 17.2 Å². The monoisotopic (exact) mass is 298 g/mol.